The second-order valence-corrected chi connectivity index (χ2v) is 4.64. The summed E-state index contributed by atoms with van der Waals surface area (Å²) in [6, 6.07) is -0.292. The normalized spacial score (nSPS) is 15.8. The molecule has 0 saturated carbocycles. The van der Waals surface area contributed by atoms with Crippen molar-refractivity contribution in [1.29, 1.82) is 0 Å². The van der Waals surface area contributed by atoms with Crippen LogP contribution in [0.1, 0.15) is 25.0 Å². The standard InChI is InChI=1S/C11H18N6O3/c18-10(19)8-17-7-9(13-15-17)6-12-11(20)14-16-4-2-1-3-5-16/h7H,1-6,8H2,(H,18,19)(H2,12,14,20). The number of nitrogens with one attached hydrogen (secondary N) is 2. The highest BCUT2D eigenvalue weighted by atomic mass is 16.4. The summed E-state index contributed by atoms with van der Waals surface area (Å²) in [5.74, 6) is -0.989. The maximum atomic E-state index is 11.7. The number of carboxylic acids is 1. The number of nitrogens with zero attached hydrogens (tertiary/aromatic N) is 4. The molecule has 1 aliphatic rings. The number of hydrazine groups is 1. The minimum absolute atomic E-state index is 0.208. The largest absolute Gasteiger partial charge is 0.480 e. The van der Waals surface area contributed by atoms with Crippen molar-refractivity contribution in [3.05, 3.63) is 11.9 Å². The van der Waals surface area contributed by atoms with Crippen molar-refractivity contribution in [3.63, 3.8) is 0 Å². The number of aromatic nitrogens is 3. The van der Waals surface area contributed by atoms with E-state index in [1.54, 1.807) is 0 Å². The second-order valence-electron chi connectivity index (χ2n) is 4.64. The molecule has 0 atom stereocenters. The summed E-state index contributed by atoms with van der Waals surface area (Å²) in [5, 5.41) is 20.6. The van der Waals surface area contributed by atoms with Crippen molar-refractivity contribution >= 4 is 12.0 Å². The summed E-state index contributed by atoms with van der Waals surface area (Å²) in [6.07, 6.45) is 4.87. The van der Waals surface area contributed by atoms with Crippen LogP contribution in [0, 0.1) is 0 Å². The Balaban J connectivity index is 1.72. The number of carbonyl (C=O) groups excluding carboxylic acids is 1. The first-order valence-electron chi connectivity index (χ1n) is 6.54. The van der Waals surface area contributed by atoms with Gasteiger partial charge in [-0.2, -0.15) is 0 Å². The third-order valence-corrected chi connectivity index (χ3v) is 2.93. The molecule has 0 aliphatic carbocycles. The van der Waals surface area contributed by atoms with E-state index in [-0.39, 0.29) is 19.1 Å². The lowest BCUT2D eigenvalue weighted by Gasteiger charge is -2.26. The molecule has 20 heavy (non-hydrogen) atoms. The lowest BCUT2D eigenvalue weighted by atomic mass is 10.2. The number of carbonyl (C=O) groups is 2. The van der Waals surface area contributed by atoms with E-state index in [1.165, 1.54) is 17.3 Å². The Morgan fingerprint density at radius 3 is 2.75 bits per heavy atom. The highest BCUT2D eigenvalue weighted by molar-refractivity contribution is 5.73. The Bertz CT molecular complexity index is 468. The van der Waals surface area contributed by atoms with E-state index in [4.69, 9.17) is 5.11 Å². The van der Waals surface area contributed by atoms with Gasteiger partial charge in [0.15, 0.2) is 0 Å². The van der Waals surface area contributed by atoms with E-state index in [0.717, 1.165) is 25.9 Å². The van der Waals surface area contributed by atoms with Gasteiger partial charge in [0.2, 0.25) is 0 Å². The monoisotopic (exact) mass is 282 g/mol. The number of piperidine rings is 1. The van der Waals surface area contributed by atoms with Crippen molar-refractivity contribution < 1.29 is 14.7 Å². The number of aliphatic carboxylic acids is 1. The van der Waals surface area contributed by atoms with Gasteiger partial charge in [0.05, 0.1) is 12.7 Å². The van der Waals surface area contributed by atoms with Gasteiger partial charge in [-0.15, -0.1) is 5.10 Å². The van der Waals surface area contributed by atoms with Gasteiger partial charge < -0.3 is 10.4 Å². The van der Waals surface area contributed by atoms with Crippen LogP contribution in [-0.4, -0.2) is 50.2 Å². The van der Waals surface area contributed by atoms with Gasteiger partial charge in [-0.3, -0.25) is 10.2 Å². The fourth-order valence-electron chi connectivity index (χ4n) is 2.00. The number of urea groups is 1. The van der Waals surface area contributed by atoms with E-state index in [1.807, 2.05) is 5.01 Å². The number of carboxylic acid groups (broad SMARTS) is 1. The molecule has 1 aromatic rings. The van der Waals surface area contributed by atoms with E-state index < -0.39 is 5.97 Å². The molecular weight excluding hydrogens is 264 g/mol. The first-order valence-corrected chi connectivity index (χ1v) is 6.54. The summed E-state index contributed by atoms with van der Waals surface area (Å²) in [7, 11) is 0. The van der Waals surface area contributed by atoms with Crippen molar-refractivity contribution in [2.24, 2.45) is 0 Å². The van der Waals surface area contributed by atoms with Crippen LogP contribution in [0.5, 0.6) is 0 Å². The molecule has 1 aromatic heterocycles. The van der Waals surface area contributed by atoms with Crippen LogP contribution in [0.25, 0.3) is 0 Å². The van der Waals surface area contributed by atoms with Crippen LogP contribution < -0.4 is 10.7 Å². The molecular formula is C11H18N6O3. The van der Waals surface area contributed by atoms with Gasteiger partial charge in [0.25, 0.3) is 0 Å². The topological polar surface area (TPSA) is 112 Å². The first kappa shape index (κ1) is 14.3. The molecule has 0 aromatic carbocycles. The molecule has 1 fully saturated rings. The highest BCUT2D eigenvalue weighted by Gasteiger charge is 2.12. The van der Waals surface area contributed by atoms with Crippen LogP contribution in [0.2, 0.25) is 0 Å². The Morgan fingerprint density at radius 1 is 1.30 bits per heavy atom. The zero-order chi connectivity index (χ0) is 14.4. The van der Waals surface area contributed by atoms with Gasteiger partial charge in [-0.05, 0) is 12.8 Å². The van der Waals surface area contributed by atoms with Gasteiger partial charge >= 0.3 is 12.0 Å². The SMILES string of the molecule is O=C(O)Cn1cc(CNC(=O)NN2CCCCC2)nn1. The van der Waals surface area contributed by atoms with Crippen LogP contribution in [-0.2, 0) is 17.9 Å². The summed E-state index contributed by atoms with van der Waals surface area (Å²) < 4.78 is 1.21. The molecule has 0 spiro atoms. The van der Waals surface area contributed by atoms with Crippen molar-refractivity contribution in [2.45, 2.75) is 32.4 Å². The van der Waals surface area contributed by atoms with Crippen molar-refractivity contribution in [3.8, 4) is 0 Å². The van der Waals surface area contributed by atoms with Crippen molar-refractivity contribution in [2.75, 3.05) is 13.1 Å². The predicted octanol–water partition coefficient (Wildman–Crippen LogP) is -0.437. The van der Waals surface area contributed by atoms with Gasteiger partial charge in [0.1, 0.15) is 12.2 Å². The minimum Gasteiger partial charge on any atom is -0.480 e. The average molecular weight is 282 g/mol. The smallest absolute Gasteiger partial charge is 0.329 e. The van der Waals surface area contributed by atoms with E-state index in [9.17, 15) is 9.59 Å². The molecule has 2 heterocycles. The Kier molecular flexibility index (Phi) is 4.88. The number of hydrogen-bond donors (Lipinski definition) is 3. The lowest BCUT2D eigenvalue weighted by Crippen LogP contribution is -2.49. The molecule has 0 radical (unpaired) electrons. The fourth-order valence-corrected chi connectivity index (χ4v) is 2.00. The first-order chi connectivity index (χ1) is 9.63. The average Bonchev–Trinajstić information content (AvgIpc) is 2.84. The van der Waals surface area contributed by atoms with Gasteiger partial charge in [-0.25, -0.2) is 14.5 Å². The summed E-state index contributed by atoms with van der Waals surface area (Å²) in [4.78, 5) is 22.1. The van der Waals surface area contributed by atoms with Crippen LogP contribution >= 0.6 is 0 Å². The number of rotatable bonds is 5. The fraction of sp³-hybridized carbons (Fsp3) is 0.636. The van der Waals surface area contributed by atoms with Crippen LogP contribution in [0.15, 0.2) is 6.20 Å². The molecule has 2 rings (SSSR count). The van der Waals surface area contributed by atoms with Gasteiger partial charge in [-0.1, -0.05) is 11.6 Å². The predicted molar refractivity (Wildman–Crippen MR) is 68.5 cm³/mol. The van der Waals surface area contributed by atoms with E-state index in [2.05, 4.69) is 21.1 Å². The molecule has 110 valence electrons. The summed E-state index contributed by atoms with van der Waals surface area (Å²) >= 11 is 0. The summed E-state index contributed by atoms with van der Waals surface area (Å²) in [5.41, 5.74) is 3.28. The molecule has 9 nitrogen and oxygen atoms in total. The lowest BCUT2D eigenvalue weighted by molar-refractivity contribution is -0.137. The molecule has 2 amide bonds. The van der Waals surface area contributed by atoms with E-state index >= 15 is 0 Å². The van der Waals surface area contributed by atoms with Gasteiger partial charge in [0, 0.05) is 13.1 Å². The van der Waals surface area contributed by atoms with E-state index in [0.29, 0.717) is 5.69 Å². The molecule has 3 N–H and O–H groups in total. The third kappa shape index (κ3) is 4.50. The number of amides is 2. The summed E-state index contributed by atoms with van der Waals surface area (Å²) in [6.45, 7) is 1.69. The molecule has 0 unspecified atom stereocenters. The maximum Gasteiger partial charge on any atom is 0.329 e. The Morgan fingerprint density at radius 2 is 2.05 bits per heavy atom. The number of hydrogen-bond acceptors (Lipinski definition) is 5. The maximum absolute atomic E-state index is 11.7. The molecule has 0 bridgehead atoms. The second kappa shape index (κ2) is 6.85. The zero-order valence-corrected chi connectivity index (χ0v) is 11.1. The van der Waals surface area contributed by atoms with Crippen molar-refractivity contribution in [1.82, 2.24) is 30.7 Å². The van der Waals surface area contributed by atoms with Crippen LogP contribution in [0.4, 0.5) is 4.79 Å². The molecule has 9 heteroatoms. The van der Waals surface area contributed by atoms with Crippen LogP contribution in [0.3, 0.4) is 0 Å². The zero-order valence-electron chi connectivity index (χ0n) is 11.1. The minimum atomic E-state index is -0.989. The Labute approximate surface area is 115 Å². The molecule has 1 saturated heterocycles. The Hall–Kier alpha value is -2.16. The molecule has 1 aliphatic heterocycles. The highest BCUT2D eigenvalue weighted by Crippen LogP contribution is 2.05. The quantitative estimate of drug-likeness (QED) is 0.675. The third-order valence-electron chi connectivity index (χ3n) is 2.93.